The SMILES string of the molecule is CCCC(CC)(CC)ONC(=O)CC. The van der Waals surface area contributed by atoms with E-state index in [0.29, 0.717) is 6.42 Å². The predicted octanol–water partition coefficient (Wildman–Crippen LogP) is 2.80. The number of hydroxylamine groups is 1. The third-order valence-corrected chi connectivity index (χ3v) is 2.70. The molecule has 0 radical (unpaired) electrons. The fourth-order valence-electron chi connectivity index (χ4n) is 1.49. The number of carbonyl (C=O) groups is 1. The Morgan fingerprint density at radius 3 is 2.14 bits per heavy atom. The lowest BCUT2D eigenvalue weighted by Gasteiger charge is -2.30. The monoisotopic (exact) mass is 201 g/mol. The minimum atomic E-state index is -0.167. The highest BCUT2D eigenvalue weighted by Crippen LogP contribution is 2.24. The van der Waals surface area contributed by atoms with Crippen LogP contribution in [-0.2, 0) is 9.63 Å². The standard InChI is InChI=1S/C11H23NO2/c1-5-9-11(7-3,8-4)14-12-10(13)6-2/h5-9H2,1-4H3,(H,12,13). The van der Waals surface area contributed by atoms with Gasteiger partial charge in [0.1, 0.15) is 0 Å². The summed E-state index contributed by atoms with van der Waals surface area (Å²) in [6, 6.07) is 0. The number of amides is 1. The highest BCUT2D eigenvalue weighted by Gasteiger charge is 2.27. The van der Waals surface area contributed by atoms with E-state index in [9.17, 15) is 4.79 Å². The molecule has 0 aromatic rings. The lowest BCUT2D eigenvalue weighted by molar-refractivity contribution is -0.155. The van der Waals surface area contributed by atoms with Gasteiger partial charge in [-0.05, 0) is 19.3 Å². The third kappa shape index (κ3) is 4.09. The summed E-state index contributed by atoms with van der Waals surface area (Å²) in [7, 11) is 0. The molecular weight excluding hydrogens is 178 g/mol. The van der Waals surface area contributed by atoms with Crippen molar-refractivity contribution in [3.63, 3.8) is 0 Å². The first-order chi connectivity index (χ1) is 6.64. The molecule has 0 unspecified atom stereocenters. The van der Waals surface area contributed by atoms with Crippen molar-refractivity contribution < 1.29 is 9.63 Å². The van der Waals surface area contributed by atoms with Crippen LogP contribution in [0, 0.1) is 0 Å². The van der Waals surface area contributed by atoms with Gasteiger partial charge in [-0.25, -0.2) is 5.48 Å². The highest BCUT2D eigenvalue weighted by molar-refractivity contribution is 5.74. The van der Waals surface area contributed by atoms with Crippen LogP contribution in [0.25, 0.3) is 0 Å². The molecule has 0 rings (SSSR count). The summed E-state index contributed by atoms with van der Waals surface area (Å²) in [4.78, 5) is 16.6. The normalized spacial score (nSPS) is 11.4. The van der Waals surface area contributed by atoms with E-state index in [0.717, 1.165) is 25.7 Å². The minimum Gasteiger partial charge on any atom is -0.273 e. The summed E-state index contributed by atoms with van der Waals surface area (Å²) < 4.78 is 0. The maximum Gasteiger partial charge on any atom is 0.243 e. The van der Waals surface area contributed by atoms with Crippen LogP contribution in [-0.4, -0.2) is 11.5 Å². The summed E-state index contributed by atoms with van der Waals surface area (Å²) in [5, 5.41) is 0. The second-order valence-electron chi connectivity index (χ2n) is 3.62. The van der Waals surface area contributed by atoms with Crippen LogP contribution in [0.4, 0.5) is 0 Å². The lowest BCUT2D eigenvalue weighted by Crippen LogP contribution is -2.39. The van der Waals surface area contributed by atoms with Crippen LogP contribution in [0.2, 0.25) is 0 Å². The molecule has 0 aromatic carbocycles. The van der Waals surface area contributed by atoms with E-state index < -0.39 is 0 Å². The zero-order valence-corrected chi connectivity index (χ0v) is 9.85. The van der Waals surface area contributed by atoms with Crippen molar-refractivity contribution in [2.24, 2.45) is 0 Å². The van der Waals surface area contributed by atoms with E-state index in [-0.39, 0.29) is 11.5 Å². The zero-order valence-electron chi connectivity index (χ0n) is 9.85. The minimum absolute atomic E-state index is 0.0487. The molecule has 14 heavy (non-hydrogen) atoms. The van der Waals surface area contributed by atoms with Gasteiger partial charge in [-0.1, -0.05) is 34.1 Å². The van der Waals surface area contributed by atoms with Crippen LogP contribution >= 0.6 is 0 Å². The summed E-state index contributed by atoms with van der Waals surface area (Å²) in [6.07, 6.45) is 4.39. The predicted molar refractivity (Wildman–Crippen MR) is 57.7 cm³/mol. The molecule has 1 amide bonds. The average molecular weight is 201 g/mol. The Morgan fingerprint density at radius 2 is 1.79 bits per heavy atom. The van der Waals surface area contributed by atoms with E-state index in [1.165, 1.54) is 0 Å². The zero-order chi connectivity index (χ0) is 11.0. The fourth-order valence-corrected chi connectivity index (χ4v) is 1.49. The van der Waals surface area contributed by atoms with Gasteiger partial charge in [0, 0.05) is 6.42 Å². The van der Waals surface area contributed by atoms with Crippen molar-refractivity contribution >= 4 is 5.91 Å². The van der Waals surface area contributed by atoms with Gasteiger partial charge in [0.15, 0.2) is 0 Å². The third-order valence-electron chi connectivity index (χ3n) is 2.70. The number of carbonyl (C=O) groups excluding carboxylic acids is 1. The summed E-state index contributed by atoms with van der Waals surface area (Å²) in [6.45, 7) is 8.14. The van der Waals surface area contributed by atoms with Crippen molar-refractivity contribution in [2.45, 2.75) is 65.4 Å². The molecule has 0 fully saturated rings. The molecular formula is C11H23NO2. The second-order valence-corrected chi connectivity index (χ2v) is 3.62. The molecule has 0 aliphatic carbocycles. The van der Waals surface area contributed by atoms with E-state index in [4.69, 9.17) is 4.84 Å². The number of nitrogens with one attached hydrogen (secondary N) is 1. The molecule has 0 heterocycles. The largest absolute Gasteiger partial charge is 0.273 e. The van der Waals surface area contributed by atoms with Gasteiger partial charge in [0.2, 0.25) is 5.91 Å². The van der Waals surface area contributed by atoms with E-state index in [1.54, 1.807) is 0 Å². The average Bonchev–Trinajstić information content (AvgIpc) is 2.24. The molecule has 1 N–H and O–H groups in total. The fraction of sp³-hybridized carbons (Fsp3) is 0.909. The molecule has 0 aliphatic heterocycles. The summed E-state index contributed by atoms with van der Waals surface area (Å²) in [5.74, 6) is -0.0487. The molecule has 0 bridgehead atoms. The Labute approximate surface area is 87.2 Å². The Kier molecular flexibility index (Phi) is 6.54. The van der Waals surface area contributed by atoms with Crippen molar-refractivity contribution in [3.8, 4) is 0 Å². The van der Waals surface area contributed by atoms with Crippen molar-refractivity contribution in [1.29, 1.82) is 0 Å². The molecule has 0 atom stereocenters. The number of hydrogen-bond acceptors (Lipinski definition) is 2. The lowest BCUT2D eigenvalue weighted by atomic mass is 9.92. The van der Waals surface area contributed by atoms with Crippen molar-refractivity contribution in [3.05, 3.63) is 0 Å². The Bertz CT molecular complexity index is 165. The molecule has 3 nitrogen and oxygen atoms in total. The van der Waals surface area contributed by atoms with Crippen molar-refractivity contribution in [1.82, 2.24) is 5.48 Å². The van der Waals surface area contributed by atoms with Crippen LogP contribution in [0.3, 0.4) is 0 Å². The molecule has 84 valence electrons. The first kappa shape index (κ1) is 13.4. The van der Waals surface area contributed by atoms with Gasteiger partial charge >= 0.3 is 0 Å². The Morgan fingerprint density at radius 1 is 1.21 bits per heavy atom. The molecule has 0 saturated carbocycles. The molecule has 0 saturated heterocycles. The van der Waals surface area contributed by atoms with Gasteiger partial charge < -0.3 is 0 Å². The van der Waals surface area contributed by atoms with Crippen LogP contribution in [0.15, 0.2) is 0 Å². The van der Waals surface area contributed by atoms with Gasteiger partial charge in [-0.15, -0.1) is 0 Å². The van der Waals surface area contributed by atoms with Crippen LogP contribution in [0.1, 0.15) is 59.8 Å². The van der Waals surface area contributed by atoms with Gasteiger partial charge in [0.05, 0.1) is 5.60 Å². The van der Waals surface area contributed by atoms with Gasteiger partial charge in [-0.2, -0.15) is 0 Å². The van der Waals surface area contributed by atoms with Crippen molar-refractivity contribution in [2.75, 3.05) is 0 Å². The number of hydrogen-bond donors (Lipinski definition) is 1. The van der Waals surface area contributed by atoms with Gasteiger partial charge in [0.25, 0.3) is 0 Å². The quantitative estimate of drug-likeness (QED) is 0.643. The van der Waals surface area contributed by atoms with E-state index in [2.05, 4.69) is 26.3 Å². The number of rotatable bonds is 7. The molecule has 0 aliphatic rings. The second kappa shape index (κ2) is 6.82. The van der Waals surface area contributed by atoms with E-state index >= 15 is 0 Å². The highest BCUT2D eigenvalue weighted by atomic mass is 16.7. The molecule has 0 aromatic heterocycles. The molecule has 0 spiro atoms. The Hall–Kier alpha value is -0.570. The first-order valence-electron chi connectivity index (χ1n) is 5.61. The maximum absolute atomic E-state index is 11.1. The van der Waals surface area contributed by atoms with Gasteiger partial charge in [-0.3, -0.25) is 9.63 Å². The van der Waals surface area contributed by atoms with Crippen LogP contribution in [0.5, 0.6) is 0 Å². The topological polar surface area (TPSA) is 38.3 Å². The Balaban J connectivity index is 4.13. The van der Waals surface area contributed by atoms with Crippen LogP contribution < -0.4 is 5.48 Å². The van der Waals surface area contributed by atoms with E-state index in [1.807, 2.05) is 6.92 Å². The first-order valence-corrected chi connectivity index (χ1v) is 5.61. The summed E-state index contributed by atoms with van der Waals surface area (Å²) in [5.41, 5.74) is 2.35. The maximum atomic E-state index is 11.1. The summed E-state index contributed by atoms with van der Waals surface area (Å²) >= 11 is 0. The smallest absolute Gasteiger partial charge is 0.243 e. The molecule has 3 heteroatoms.